The summed E-state index contributed by atoms with van der Waals surface area (Å²) in [5.41, 5.74) is 1.98. The number of aliphatic hydroxyl groups excluding tert-OH is 1. The Morgan fingerprint density at radius 3 is 2.21 bits per heavy atom. The Balaban J connectivity index is 0.00000300. The molecule has 0 spiro atoms. The standard InChI is InChI=1S/C24H39N3O.Zn/c1-5-24(25(2)3,19-20-9-7-6-8-10-20)23(28)21-11-13-22(14-12-21)27-17-15-26(4)16-18-27;/h11-14,20H,5-10,15-19H2,1-4H3;/p+1. The zero-order chi connectivity index (χ0) is 20.1. The van der Waals surface area contributed by atoms with Gasteiger partial charge in [-0.3, -0.25) is 9.80 Å². The van der Waals surface area contributed by atoms with Crippen LogP contribution in [0.25, 0.3) is 0 Å². The molecule has 0 aromatic carbocycles. The summed E-state index contributed by atoms with van der Waals surface area (Å²) in [4.78, 5) is 4.63. The van der Waals surface area contributed by atoms with Gasteiger partial charge >= 0.3 is 0 Å². The molecule has 1 N–H and O–H groups in total. The van der Waals surface area contributed by atoms with Crippen molar-refractivity contribution in [3.8, 4) is 0 Å². The first-order valence-corrected chi connectivity index (χ1v) is 11.2. The SMILES string of the molecule is CCC(CC1CCCCC1)(C(O)=C1C=CC(=[N+]2CCN(C)CC2)C=C1)N(C)C.[Zn]. The summed E-state index contributed by atoms with van der Waals surface area (Å²) in [6.45, 7) is 6.59. The van der Waals surface area contributed by atoms with Crippen molar-refractivity contribution < 1.29 is 29.2 Å². The Labute approximate surface area is 190 Å². The predicted octanol–water partition coefficient (Wildman–Crippen LogP) is 4.00. The first-order valence-electron chi connectivity index (χ1n) is 11.2. The van der Waals surface area contributed by atoms with Gasteiger partial charge in [0.2, 0.25) is 0 Å². The fourth-order valence-electron chi connectivity index (χ4n) is 5.15. The van der Waals surface area contributed by atoms with Gasteiger partial charge in [-0.1, -0.05) is 39.0 Å². The Morgan fingerprint density at radius 2 is 1.69 bits per heavy atom. The second-order valence-electron chi connectivity index (χ2n) is 9.17. The Hall–Kier alpha value is -0.767. The van der Waals surface area contributed by atoms with Gasteiger partial charge in [-0.05, 0) is 52.1 Å². The zero-order valence-electron chi connectivity index (χ0n) is 19.2. The molecule has 1 heterocycles. The van der Waals surface area contributed by atoms with Crippen molar-refractivity contribution >= 4 is 5.71 Å². The molecule has 0 radical (unpaired) electrons. The van der Waals surface area contributed by atoms with Crippen LogP contribution < -0.4 is 0 Å². The van der Waals surface area contributed by atoms with Crippen molar-refractivity contribution in [2.24, 2.45) is 5.92 Å². The maximum absolute atomic E-state index is 11.4. The average Bonchev–Trinajstić information content (AvgIpc) is 2.73. The van der Waals surface area contributed by atoms with Crippen molar-refractivity contribution in [2.45, 2.75) is 57.4 Å². The van der Waals surface area contributed by atoms with Crippen LogP contribution in [0, 0.1) is 5.92 Å². The largest absolute Gasteiger partial charge is 0.510 e. The molecule has 1 saturated heterocycles. The number of hydrogen-bond donors (Lipinski definition) is 1. The average molecular weight is 452 g/mol. The third-order valence-corrected chi connectivity index (χ3v) is 7.24. The molecule has 3 aliphatic rings. The number of nitrogens with zero attached hydrogens (tertiary/aromatic N) is 3. The summed E-state index contributed by atoms with van der Waals surface area (Å²) in [5.74, 6) is 1.28. The summed E-state index contributed by atoms with van der Waals surface area (Å²) in [7, 11) is 6.44. The van der Waals surface area contributed by atoms with E-state index in [9.17, 15) is 5.11 Å². The molecular formula is C24H40N3OZn+. The number of likely N-dealkylation sites (N-methyl/N-ethyl adjacent to an activating group) is 2. The van der Waals surface area contributed by atoms with Gasteiger partial charge in [-0.25, -0.2) is 4.58 Å². The Kier molecular flexibility index (Phi) is 9.31. The molecular weight excluding hydrogens is 412 g/mol. The van der Waals surface area contributed by atoms with E-state index in [2.05, 4.69) is 66.7 Å². The molecule has 0 amide bonds. The molecule has 4 nitrogen and oxygen atoms in total. The normalized spacial score (nSPS) is 23.3. The van der Waals surface area contributed by atoms with Crippen molar-refractivity contribution in [3.63, 3.8) is 0 Å². The van der Waals surface area contributed by atoms with Crippen molar-refractivity contribution in [3.05, 3.63) is 35.6 Å². The first kappa shape index (κ1) is 24.5. The van der Waals surface area contributed by atoms with Crippen molar-refractivity contribution in [1.29, 1.82) is 0 Å². The van der Waals surface area contributed by atoms with Crippen LogP contribution >= 0.6 is 0 Å². The van der Waals surface area contributed by atoms with Crippen LogP contribution in [0.4, 0.5) is 0 Å². The molecule has 5 heteroatoms. The van der Waals surface area contributed by atoms with Gasteiger partial charge in [-0.2, -0.15) is 0 Å². The molecule has 1 atom stereocenters. The number of aliphatic hydroxyl groups is 1. The van der Waals surface area contributed by atoms with Gasteiger partial charge in [-0.15, -0.1) is 0 Å². The summed E-state index contributed by atoms with van der Waals surface area (Å²) < 4.78 is 2.45. The van der Waals surface area contributed by atoms with Gasteiger partial charge in [0.05, 0.1) is 18.6 Å². The molecule has 3 rings (SSSR count). The second-order valence-corrected chi connectivity index (χ2v) is 9.17. The monoisotopic (exact) mass is 450 g/mol. The smallest absolute Gasteiger partial charge is 0.200 e. The van der Waals surface area contributed by atoms with E-state index < -0.39 is 0 Å². The molecule has 1 saturated carbocycles. The minimum atomic E-state index is -0.267. The van der Waals surface area contributed by atoms with Gasteiger partial charge in [0.25, 0.3) is 0 Å². The molecule has 1 unspecified atom stereocenters. The Bertz CT molecular complexity index is 646. The molecule has 1 aliphatic heterocycles. The van der Waals surface area contributed by atoms with E-state index in [1.54, 1.807) is 0 Å². The number of rotatable bonds is 5. The van der Waals surface area contributed by atoms with Gasteiger partial charge in [0.1, 0.15) is 5.76 Å². The molecule has 0 aromatic heterocycles. The van der Waals surface area contributed by atoms with Gasteiger partial charge in [0, 0.05) is 37.2 Å². The summed E-state index contributed by atoms with van der Waals surface area (Å²) in [5, 5.41) is 11.4. The maximum atomic E-state index is 11.4. The molecule has 0 aromatic rings. The van der Waals surface area contributed by atoms with E-state index in [4.69, 9.17) is 0 Å². The van der Waals surface area contributed by atoms with Crippen LogP contribution in [0.15, 0.2) is 35.6 Å². The summed E-state index contributed by atoms with van der Waals surface area (Å²) >= 11 is 0. The zero-order valence-corrected chi connectivity index (χ0v) is 22.1. The summed E-state index contributed by atoms with van der Waals surface area (Å²) in [6.07, 6.45) is 17.3. The van der Waals surface area contributed by atoms with Crippen LogP contribution in [0.2, 0.25) is 0 Å². The van der Waals surface area contributed by atoms with Crippen LogP contribution in [0.3, 0.4) is 0 Å². The topological polar surface area (TPSA) is 29.7 Å². The third kappa shape index (κ3) is 5.68. The summed E-state index contributed by atoms with van der Waals surface area (Å²) in [6, 6.07) is 0. The van der Waals surface area contributed by atoms with E-state index in [1.165, 1.54) is 37.8 Å². The molecule has 158 valence electrons. The first-order chi connectivity index (χ1) is 13.5. The minimum Gasteiger partial charge on any atom is -0.510 e. The maximum Gasteiger partial charge on any atom is 0.200 e. The van der Waals surface area contributed by atoms with Gasteiger partial charge < -0.3 is 5.11 Å². The molecule has 0 bridgehead atoms. The van der Waals surface area contributed by atoms with E-state index in [1.807, 2.05) is 0 Å². The molecule has 2 fully saturated rings. The molecule has 29 heavy (non-hydrogen) atoms. The molecule has 2 aliphatic carbocycles. The number of hydrogen-bond acceptors (Lipinski definition) is 3. The fraction of sp³-hybridized carbons (Fsp3) is 0.708. The number of piperazine rings is 1. The second kappa shape index (κ2) is 11.0. The van der Waals surface area contributed by atoms with E-state index in [0.717, 1.165) is 50.5 Å². The quantitative estimate of drug-likeness (QED) is 0.389. The van der Waals surface area contributed by atoms with Crippen LogP contribution in [-0.4, -0.2) is 78.1 Å². The van der Waals surface area contributed by atoms with E-state index in [-0.39, 0.29) is 25.0 Å². The minimum absolute atomic E-state index is 0. The van der Waals surface area contributed by atoms with Crippen molar-refractivity contribution in [2.75, 3.05) is 47.3 Å². The van der Waals surface area contributed by atoms with Crippen molar-refractivity contribution in [1.82, 2.24) is 9.80 Å². The fourth-order valence-corrected chi connectivity index (χ4v) is 5.15. The van der Waals surface area contributed by atoms with Crippen LogP contribution in [0.1, 0.15) is 51.9 Å². The predicted molar refractivity (Wildman–Crippen MR) is 118 cm³/mol. The number of allylic oxidation sites excluding steroid dienone is 5. The Morgan fingerprint density at radius 1 is 1.10 bits per heavy atom. The van der Waals surface area contributed by atoms with E-state index in [0.29, 0.717) is 5.76 Å². The van der Waals surface area contributed by atoms with Gasteiger partial charge in [0.15, 0.2) is 18.8 Å². The van der Waals surface area contributed by atoms with Crippen LogP contribution in [0.5, 0.6) is 0 Å². The third-order valence-electron chi connectivity index (χ3n) is 7.24. The van der Waals surface area contributed by atoms with E-state index >= 15 is 0 Å². The van der Waals surface area contributed by atoms with Crippen LogP contribution in [-0.2, 0) is 19.5 Å².